The van der Waals surface area contributed by atoms with Crippen LogP contribution in [0.2, 0.25) is 0 Å². The Balaban J connectivity index is 2.23. The van der Waals surface area contributed by atoms with Crippen molar-refractivity contribution in [3.8, 4) is 24.0 Å². The fraction of sp³-hybridized carbons (Fsp3) is 0.125. The van der Waals surface area contributed by atoms with Crippen molar-refractivity contribution in [1.29, 1.82) is 10.5 Å². The van der Waals surface area contributed by atoms with E-state index in [-0.39, 0.29) is 0 Å². The molecule has 21 heavy (non-hydrogen) atoms. The van der Waals surface area contributed by atoms with E-state index < -0.39 is 0 Å². The van der Waals surface area contributed by atoms with Crippen molar-refractivity contribution < 1.29 is 9.47 Å². The summed E-state index contributed by atoms with van der Waals surface area (Å²) in [4.78, 5) is 2.16. The summed E-state index contributed by atoms with van der Waals surface area (Å²) in [5, 5.41) is 17.0. The molecule has 0 aromatic heterocycles. The number of nitriles is 2. The van der Waals surface area contributed by atoms with Crippen LogP contribution in [0.3, 0.4) is 0 Å². The number of hydrogen-bond donors (Lipinski definition) is 0. The highest BCUT2D eigenvalue weighted by Crippen LogP contribution is 2.35. The summed E-state index contributed by atoms with van der Waals surface area (Å²) in [5.74, 6) is 1.07. The SMILES string of the molecule is Cc1cc(OC#N)ccc1Sc1ccc(OC#N)cc1C. The molecule has 0 spiro atoms. The highest BCUT2D eigenvalue weighted by atomic mass is 32.2. The lowest BCUT2D eigenvalue weighted by atomic mass is 10.2. The average Bonchev–Trinajstić information content (AvgIpc) is 2.45. The molecule has 2 aromatic carbocycles. The van der Waals surface area contributed by atoms with Gasteiger partial charge >= 0.3 is 0 Å². The number of rotatable bonds is 4. The minimum Gasteiger partial charge on any atom is -0.388 e. The van der Waals surface area contributed by atoms with Crippen LogP contribution >= 0.6 is 11.8 Å². The van der Waals surface area contributed by atoms with Crippen LogP contribution in [0, 0.1) is 36.9 Å². The maximum atomic E-state index is 8.51. The van der Waals surface area contributed by atoms with Crippen LogP contribution in [0.1, 0.15) is 11.1 Å². The highest BCUT2D eigenvalue weighted by molar-refractivity contribution is 7.99. The van der Waals surface area contributed by atoms with Crippen LogP contribution in [-0.2, 0) is 0 Å². The molecular weight excluding hydrogens is 284 g/mol. The summed E-state index contributed by atoms with van der Waals surface area (Å²) in [6.07, 6.45) is 3.32. The van der Waals surface area contributed by atoms with E-state index in [1.165, 1.54) is 0 Å². The Bertz CT molecular complexity index is 681. The quantitative estimate of drug-likeness (QED) is 0.792. The van der Waals surface area contributed by atoms with Crippen LogP contribution in [0.15, 0.2) is 46.2 Å². The van der Waals surface area contributed by atoms with Crippen LogP contribution in [-0.4, -0.2) is 0 Å². The predicted octanol–water partition coefficient (Wildman–Crippen LogP) is 4.17. The van der Waals surface area contributed by atoms with Gasteiger partial charge in [-0.2, -0.15) is 0 Å². The van der Waals surface area contributed by atoms with Gasteiger partial charge in [-0.1, -0.05) is 11.8 Å². The minimum atomic E-state index is 0.536. The average molecular weight is 296 g/mol. The van der Waals surface area contributed by atoms with Gasteiger partial charge in [0.05, 0.1) is 0 Å². The molecule has 0 N–H and O–H groups in total. The monoisotopic (exact) mass is 296 g/mol. The lowest BCUT2D eigenvalue weighted by molar-refractivity contribution is 0.506. The lowest BCUT2D eigenvalue weighted by Crippen LogP contribution is -1.88. The Morgan fingerprint density at radius 2 is 1.24 bits per heavy atom. The van der Waals surface area contributed by atoms with Crippen molar-refractivity contribution in [2.45, 2.75) is 23.6 Å². The summed E-state index contributed by atoms with van der Waals surface area (Å²) in [5.41, 5.74) is 2.06. The van der Waals surface area contributed by atoms with Crippen molar-refractivity contribution >= 4 is 11.8 Å². The van der Waals surface area contributed by atoms with Gasteiger partial charge in [0.25, 0.3) is 12.5 Å². The molecule has 0 atom stereocenters. The first kappa shape index (κ1) is 14.8. The van der Waals surface area contributed by atoms with Crippen molar-refractivity contribution in [2.24, 2.45) is 0 Å². The summed E-state index contributed by atoms with van der Waals surface area (Å²) in [6.45, 7) is 3.93. The highest BCUT2D eigenvalue weighted by Gasteiger charge is 2.07. The number of aryl methyl sites for hydroxylation is 2. The van der Waals surface area contributed by atoms with Crippen LogP contribution in [0.4, 0.5) is 0 Å². The van der Waals surface area contributed by atoms with E-state index in [2.05, 4.69) is 0 Å². The fourth-order valence-electron chi connectivity index (χ4n) is 1.82. The second kappa shape index (κ2) is 6.69. The van der Waals surface area contributed by atoms with Crippen molar-refractivity contribution in [3.63, 3.8) is 0 Å². The normalized spacial score (nSPS) is 9.52. The third-order valence-electron chi connectivity index (χ3n) is 2.84. The summed E-state index contributed by atoms with van der Waals surface area (Å²) < 4.78 is 9.61. The molecule has 0 unspecified atom stereocenters. The lowest BCUT2D eigenvalue weighted by Gasteiger charge is -2.09. The molecule has 0 heterocycles. The van der Waals surface area contributed by atoms with Gasteiger partial charge in [0.1, 0.15) is 11.5 Å². The molecule has 0 amide bonds. The molecule has 0 aliphatic rings. The second-order valence-corrected chi connectivity index (χ2v) is 5.43. The molecule has 0 saturated heterocycles. The number of ether oxygens (including phenoxy) is 2. The molecule has 0 radical (unpaired) electrons. The van der Waals surface area contributed by atoms with Gasteiger partial charge in [0.2, 0.25) is 0 Å². The Labute approximate surface area is 127 Å². The van der Waals surface area contributed by atoms with E-state index in [0.29, 0.717) is 11.5 Å². The predicted molar refractivity (Wildman–Crippen MR) is 79.0 cm³/mol. The fourth-order valence-corrected chi connectivity index (χ4v) is 2.77. The largest absolute Gasteiger partial charge is 0.388 e. The standard InChI is InChI=1S/C16H12N2O2S/c1-11-7-13(19-9-17)3-5-15(11)21-16-6-4-14(20-10-18)8-12(16)2/h3-8H,1-2H3. The van der Waals surface area contributed by atoms with Crippen molar-refractivity contribution in [2.75, 3.05) is 0 Å². The number of nitrogens with zero attached hydrogens (tertiary/aromatic N) is 2. The smallest absolute Gasteiger partial charge is 0.292 e. The van der Waals surface area contributed by atoms with Gasteiger partial charge in [0, 0.05) is 9.79 Å². The summed E-state index contributed by atoms with van der Waals surface area (Å²) in [6, 6.07) is 11.0. The van der Waals surface area contributed by atoms with E-state index in [1.807, 2.05) is 38.1 Å². The third kappa shape index (κ3) is 3.68. The Hall–Kier alpha value is -2.63. The van der Waals surface area contributed by atoms with E-state index in [0.717, 1.165) is 20.9 Å². The molecule has 2 aromatic rings. The van der Waals surface area contributed by atoms with Gasteiger partial charge in [-0.3, -0.25) is 0 Å². The molecule has 104 valence electrons. The topological polar surface area (TPSA) is 66.0 Å². The van der Waals surface area contributed by atoms with Gasteiger partial charge in [-0.25, -0.2) is 0 Å². The second-order valence-electron chi connectivity index (χ2n) is 4.34. The first-order valence-electron chi connectivity index (χ1n) is 6.15. The van der Waals surface area contributed by atoms with Crippen molar-refractivity contribution in [1.82, 2.24) is 0 Å². The first-order chi connectivity index (χ1) is 10.1. The Morgan fingerprint density at radius 3 is 1.57 bits per heavy atom. The Morgan fingerprint density at radius 1 is 0.810 bits per heavy atom. The summed E-state index contributed by atoms with van der Waals surface area (Å²) in [7, 11) is 0. The van der Waals surface area contributed by atoms with E-state index in [1.54, 1.807) is 36.4 Å². The van der Waals surface area contributed by atoms with E-state index in [4.69, 9.17) is 20.0 Å². The zero-order chi connectivity index (χ0) is 15.2. The van der Waals surface area contributed by atoms with Crippen LogP contribution in [0.5, 0.6) is 11.5 Å². The van der Waals surface area contributed by atoms with Gasteiger partial charge in [0.15, 0.2) is 0 Å². The van der Waals surface area contributed by atoms with Gasteiger partial charge < -0.3 is 9.47 Å². The number of benzene rings is 2. The maximum Gasteiger partial charge on any atom is 0.292 e. The molecular formula is C16H12N2O2S. The zero-order valence-corrected chi connectivity index (χ0v) is 12.4. The van der Waals surface area contributed by atoms with E-state index in [9.17, 15) is 0 Å². The van der Waals surface area contributed by atoms with Crippen molar-refractivity contribution in [3.05, 3.63) is 47.5 Å². The van der Waals surface area contributed by atoms with Crippen LogP contribution in [0.25, 0.3) is 0 Å². The van der Waals surface area contributed by atoms with Crippen LogP contribution < -0.4 is 9.47 Å². The molecule has 0 aliphatic carbocycles. The molecule has 0 bridgehead atoms. The van der Waals surface area contributed by atoms with Gasteiger partial charge in [-0.05, 0) is 61.4 Å². The molecule has 4 nitrogen and oxygen atoms in total. The number of hydrogen-bond acceptors (Lipinski definition) is 5. The third-order valence-corrected chi connectivity index (χ3v) is 4.20. The zero-order valence-electron chi connectivity index (χ0n) is 11.6. The maximum absolute atomic E-state index is 8.51. The first-order valence-corrected chi connectivity index (χ1v) is 6.96. The molecule has 5 heteroatoms. The van der Waals surface area contributed by atoms with Gasteiger partial charge in [-0.15, -0.1) is 10.5 Å². The summed E-state index contributed by atoms with van der Waals surface area (Å²) >= 11 is 1.62. The Kier molecular flexibility index (Phi) is 4.71. The van der Waals surface area contributed by atoms with E-state index >= 15 is 0 Å². The molecule has 0 aliphatic heterocycles. The molecule has 0 saturated carbocycles. The molecule has 2 rings (SSSR count). The minimum absolute atomic E-state index is 0.536. The molecule has 0 fully saturated rings.